The predicted octanol–water partition coefficient (Wildman–Crippen LogP) is 1.32. The lowest BCUT2D eigenvalue weighted by atomic mass is 10.1. The van der Waals surface area contributed by atoms with Gasteiger partial charge in [-0.25, -0.2) is 0 Å². The number of hydrogen-bond donors (Lipinski definition) is 2. The fourth-order valence-electron chi connectivity index (χ4n) is 2.71. The van der Waals surface area contributed by atoms with E-state index < -0.39 is 0 Å². The number of fused-ring (bicyclic) bond motifs is 1. The highest BCUT2D eigenvalue weighted by Crippen LogP contribution is 2.12. The summed E-state index contributed by atoms with van der Waals surface area (Å²) < 4.78 is 0. The standard InChI is InChI=1S/C15H19N3O/c1-11-9-18(7-6-16-11)10-13-8-12-4-2-3-5-14(12)17-15(13)19/h2-5,8,11,16H,6-7,9-10H2,1H3,(H,17,19)/t11-/m0/s1. The summed E-state index contributed by atoms with van der Waals surface area (Å²) >= 11 is 0. The van der Waals surface area contributed by atoms with E-state index in [2.05, 4.69) is 22.1 Å². The number of nitrogens with one attached hydrogen (secondary N) is 2. The molecule has 4 heteroatoms. The van der Waals surface area contributed by atoms with Gasteiger partial charge in [-0.05, 0) is 24.4 Å². The minimum Gasteiger partial charge on any atom is -0.322 e. The molecular formula is C15H19N3O. The monoisotopic (exact) mass is 257 g/mol. The third kappa shape index (κ3) is 2.69. The van der Waals surface area contributed by atoms with E-state index in [-0.39, 0.29) is 5.56 Å². The van der Waals surface area contributed by atoms with Gasteiger partial charge in [0.1, 0.15) is 0 Å². The van der Waals surface area contributed by atoms with Crippen molar-refractivity contribution in [3.8, 4) is 0 Å². The number of pyridine rings is 1. The van der Waals surface area contributed by atoms with Crippen LogP contribution in [0.15, 0.2) is 35.1 Å². The lowest BCUT2D eigenvalue weighted by Crippen LogP contribution is -2.49. The molecule has 1 fully saturated rings. The second-order valence-electron chi connectivity index (χ2n) is 5.30. The molecule has 19 heavy (non-hydrogen) atoms. The van der Waals surface area contributed by atoms with Gasteiger partial charge in [0.05, 0.1) is 0 Å². The van der Waals surface area contributed by atoms with Gasteiger partial charge in [0, 0.05) is 43.3 Å². The van der Waals surface area contributed by atoms with E-state index in [1.165, 1.54) is 0 Å². The molecule has 0 bridgehead atoms. The molecule has 3 rings (SSSR count). The summed E-state index contributed by atoms with van der Waals surface area (Å²) in [4.78, 5) is 17.4. The Labute approximate surface area is 112 Å². The molecule has 0 spiro atoms. The number of nitrogens with zero attached hydrogens (tertiary/aromatic N) is 1. The molecule has 0 amide bonds. The van der Waals surface area contributed by atoms with Crippen molar-refractivity contribution < 1.29 is 0 Å². The van der Waals surface area contributed by atoms with Crippen molar-refractivity contribution in [3.63, 3.8) is 0 Å². The van der Waals surface area contributed by atoms with Crippen LogP contribution >= 0.6 is 0 Å². The van der Waals surface area contributed by atoms with Crippen LogP contribution in [0.2, 0.25) is 0 Å². The van der Waals surface area contributed by atoms with Crippen LogP contribution in [0.25, 0.3) is 10.9 Å². The summed E-state index contributed by atoms with van der Waals surface area (Å²) in [6, 6.07) is 10.4. The fourth-order valence-corrected chi connectivity index (χ4v) is 2.71. The van der Waals surface area contributed by atoms with Crippen LogP contribution in [0.4, 0.5) is 0 Å². The number of hydrogen-bond acceptors (Lipinski definition) is 3. The number of piperazine rings is 1. The Morgan fingerprint density at radius 3 is 3.05 bits per heavy atom. The van der Waals surface area contributed by atoms with Crippen LogP contribution in [-0.4, -0.2) is 35.6 Å². The second kappa shape index (κ2) is 5.15. The number of aromatic amines is 1. The largest absolute Gasteiger partial charge is 0.322 e. The van der Waals surface area contributed by atoms with E-state index in [4.69, 9.17) is 0 Å². The highest BCUT2D eigenvalue weighted by molar-refractivity contribution is 5.78. The number of H-pyrrole nitrogens is 1. The smallest absolute Gasteiger partial charge is 0.252 e. The second-order valence-corrected chi connectivity index (χ2v) is 5.30. The van der Waals surface area contributed by atoms with E-state index in [9.17, 15) is 4.79 Å². The van der Waals surface area contributed by atoms with Gasteiger partial charge >= 0.3 is 0 Å². The van der Waals surface area contributed by atoms with Gasteiger partial charge in [0.15, 0.2) is 0 Å². The Kier molecular flexibility index (Phi) is 3.36. The van der Waals surface area contributed by atoms with Crippen molar-refractivity contribution >= 4 is 10.9 Å². The summed E-state index contributed by atoms with van der Waals surface area (Å²) in [5, 5.41) is 4.51. The minimum atomic E-state index is 0.0323. The molecule has 0 aliphatic carbocycles. The number of aromatic nitrogens is 1. The van der Waals surface area contributed by atoms with E-state index in [0.717, 1.165) is 42.6 Å². The van der Waals surface area contributed by atoms with Crippen LogP contribution in [0.5, 0.6) is 0 Å². The number of rotatable bonds is 2. The van der Waals surface area contributed by atoms with Gasteiger partial charge in [0.2, 0.25) is 0 Å². The summed E-state index contributed by atoms with van der Waals surface area (Å²) in [6.45, 7) is 5.89. The number of benzene rings is 1. The van der Waals surface area contributed by atoms with Gasteiger partial charge in [-0.1, -0.05) is 18.2 Å². The number of para-hydroxylation sites is 1. The molecule has 0 radical (unpaired) electrons. The van der Waals surface area contributed by atoms with Crippen LogP contribution in [-0.2, 0) is 6.54 Å². The molecule has 100 valence electrons. The lowest BCUT2D eigenvalue weighted by molar-refractivity contribution is 0.199. The average molecular weight is 257 g/mol. The van der Waals surface area contributed by atoms with Crippen LogP contribution in [0.1, 0.15) is 12.5 Å². The molecule has 1 aliphatic rings. The van der Waals surface area contributed by atoms with Gasteiger partial charge in [-0.2, -0.15) is 0 Å². The van der Waals surface area contributed by atoms with Crippen molar-refractivity contribution in [3.05, 3.63) is 46.2 Å². The van der Waals surface area contributed by atoms with Gasteiger partial charge < -0.3 is 10.3 Å². The Hall–Kier alpha value is -1.65. The van der Waals surface area contributed by atoms with Gasteiger partial charge in [0.25, 0.3) is 5.56 Å². The summed E-state index contributed by atoms with van der Waals surface area (Å²) in [5.74, 6) is 0. The maximum absolute atomic E-state index is 12.1. The van der Waals surface area contributed by atoms with Crippen molar-refractivity contribution in [1.82, 2.24) is 15.2 Å². The zero-order valence-corrected chi connectivity index (χ0v) is 11.1. The summed E-state index contributed by atoms with van der Waals surface area (Å²) in [6.07, 6.45) is 0. The van der Waals surface area contributed by atoms with E-state index in [1.54, 1.807) is 0 Å². The predicted molar refractivity (Wildman–Crippen MR) is 77.3 cm³/mol. The lowest BCUT2D eigenvalue weighted by Gasteiger charge is -2.31. The Balaban J connectivity index is 1.88. The molecule has 0 unspecified atom stereocenters. The molecular weight excluding hydrogens is 238 g/mol. The molecule has 2 N–H and O–H groups in total. The average Bonchev–Trinajstić information content (AvgIpc) is 2.40. The topological polar surface area (TPSA) is 48.1 Å². The maximum atomic E-state index is 12.1. The highest BCUT2D eigenvalue weighted by Gasteiger charge is 2.16. The first-order chi connectivity index (χ1) is 9.22. The first-order valence-electron chi connectivity index (χ1n) is 6.79. The van der Waals surface area contributed by atoms with Crippen LogP contribution in [0.3, 0.4) is 0 Å². The molecule has 1 atom stereocenters. The summed E-state index contributed by atoms with van der Waals surface area (Å²) in [7, 11) is 0. The van der Waals surface area contributed by atoms with Gasteiger partial charge in [-0.15, -0.1) is 0 Å². The van der Waals surface area contributed by atoms with Crippen molar-refractivity contribution in [2.45, 2.75) is 19.5 Å². The SMILES string of the molecule is C[C@H]1CN(Cc2cc3ccccc3[nH]c2=O)CCN1. The van der Waals surface area contributed by atoms with Crippen LogP contribution < -0.4 is 10.9 Å². The zero-order chi connectivity index (χ0) is 13.2. The van der Waals surface area contributed by atoms with Crippen molar-refractivity contribution in [2.24, 2.45) is 0 Å². The Bertz CT molecular complexity index is 635. The third-order valence-electron chi connectivity index (χ3n) is 3.68. The van der Waals surface area contributed by atoms with Crippen molar-refractivity contribution in [1.29, 1.82) is 0 Å². The normalized spacial score (nSPS) is 20.8. The molecule has 2 aromatic rings. The zero-order valence-electron chi connectivity index (χ0n) is 11.1. The first-order valence-corrected chi connectivity index (χ1v) is 6.79. The molecule has 1 aromatic heterocycles. The summed E-state index contributed by atoms with van der Waals surface area (Å²) in [5.41, 5.74) is 1.79. The van der Waals surface area contributed by atoms with Crippen molar-refractivity contribution in [2.75, 3.05) is 19.6 Å². The first kappa shape index (κ1) is 12.4. The molecule has 1 aliphatic heterocycles. The molecule has 1 saturated heterocycles. The maximum Gasteiger partial charge on any atom is 0.252 e. The Morgan fingerprint density at radius 2 is 2.21 bits per heavy atom. The minimum absolute atomic E-state index is 0.0323. The third-order valence-corrected chi connectivity index (χ3v) is 3.68. The van der Waals surface area contributed by atoms with Gasteiger partial charge in [-0.3, -0.25) is 9.69 Å². The van der Waals surface area contributed by atoms with E-state index in [0.29, 0.717) is 6.04 Å². The molecule has 0 saturated carbocycles. The molecule has 1 aromatic carbocycles. The van der Waals surface area contributed by atoms with E-state index >= 15 is 0 Å². The Morgan fingerprint density at radius 1 is 1.37 bits per heavy atom. The quantitative estimate of drug-likeness (QED) is 0.853. The highest BCUT2D eigenvalue weighted by atomic mass is 16.1. The molecule has 4 nitrogen and oxygen atoms in total. The molecule has 2 heterocycles. The fraction of sp³-hybridized carbons (Fsp3) is 0.400. The van der Waals surface area contributed by atoms with E-state index in [1.807, 2.05) is 30.3 Å². The van der Waals surface area contributed by atoms with Crippen LogP contribution in [0, 0.1) is 0 Å².